The summed E-state index contributed by atoms with van der Waals surface area (Å²) in [7, 11) is 0. The predicted molar refractivity (Wildman–Crippen MR) is 95.3 cm³/mol. The van der Waals surface area contributed by atoms with Crippen LogP contribution in [0.25, 0.3) is 5.57 Å². The van der Waals surface area contributed by atoms with E-state index in [1.807, 2.05) is 0 Å². The van der Waals surface area contributed by atoms with Crippen molar-refractivity contribution in [1.82, 2.24) is 0 Å². The van der Waals surface area contributed by atoms with Crippen LogP contribution >= 0.6 is 0 Å². The first kappa shape index (κ1) is 15.7. The van der Waals surface area contributed by atoms with Crippen LogP contribution < -0.4 is 8.70 Å². The third-order valence-electron chi connectivity index (χ3n) is 3.46. The maximum atomic E-state index is 4.27. The average Bonchev–Trinajstić information content (AvgIpc) is 2.46. The standard InChI is InChI=1S/C18H22As2/c1-14(15-6-10-17(11-7-15)19(2)3)16-8-12-18(13-9-16)20(4)5/h6-13H,1H2,2-5H3. The fraction of sp³-hybridized carbons (Fsp3) is 0.222. The van der Waals surface area contributed by atoms with Gasteiger partial charge in [0, 0.05) is 0 Å². The number of benzene rings is 2. The Kier molecular flexibility index (Phi) is 5.36. The number of rotatable bonds is 4. The molecule has 0 aromatic heterocycles. The normalized spacial score (nSPS) is 11.1. The van der Waals surface area contributed by atoms with Gasteiger partial charge in [-0.15, -0.1) is 0 Å². The van der Waals surface area contributed by atoms with Crippen LogP contribution in [0.3, 0.4) is 0 Å². The molecule has 104 valence electrons. The number of hydrogen-bond donors (Lipinski definition) is 0. The molecule has 2 heteroatoms. The molecular formula is C18H22As2. The van der Waals surface area contributed by atoms with Gasteiger partial charge in [-0.2, -0.15) is 0 Å². The van der Waals surface area contributed by atoms with Gasteiger partial charge in [-0.25, -0.2) is 0 Å². The second-order valence-corrected chi connectivity index (χ2v) is 15.0. The molecule has 0 aliphatic carbocycles. The van der Waals surface area contributed by atoms with Gasteiger partial charge in [0.1, 0.15) is 0 Å². The Balaban J connectivity index is 2.22. The molecule has 20 heavy (non-hydrogen) atoms. The van der Waals surface area contributed by atoms with E-state index in [1.165, 1.54) is 19.8 Å². The van der Waals surface area contributed by atoms with E-state index in [-0.39, 0.29) is 0 Å². The molecule has 0 fully saturated rings. The summed E-state index contributed by atoms with van der Waals surface area (Å²) in [4.78, 5) is 0. The van der Waals surface area contributed by atoms with Crippen molar-refractivity contribution in [2.45, 2.75) is 22.8 Å². The Morgan fingerprint density at radius 1 is 0.650 bits per heavy atom. The van der Waals surface area contributed by atoms with Crippen LogP contribution in [0.4, 0.5) is 0 Å². The van der Waals surface area contributed by atoms with Gasteiger partial charge in [-0.05, 0) is 0 Å². The van der Waals surface area contributed by atoms with Gasteiger partial charge >= 0.3 is 133 Å². The minimum absolute atomic E-state index is 0.761. The SMILES string of the molecule is C=C(c1ccc([As](C)C)cc1)c1ccc([As](C)C)cc1. The van der Waals surface area contributed by atoms with Gasteiger partial charge in [0.25, 0.3) is 0 Å². The topological polar surface area (TPSA) is 0 Å². The first-order valence-corrected chi connectivity index (χ1v) is 16.1. The molecule has 0 heterocycles. The van der Waals surface area contributed by atoms with Crippen molar-refractivity contribution in [3.8, 4) is 0 Å². The maximum absolute atomic E-state index is 4.27. The van der Waals surface area contributed by atoms with E-state index in [0.29, 0.717) is 0 Å². The van der Waals surface area contributed by atoms with Gasteiger partial charge in [-0.3, -0.25) is 0 Å². The minimum atomic E-state index is -0.761. The van der Waals surface area contributed by atoms with Crippen LogP contribution in [0.1, 0.15) is 11.1 Å². The zero-order valence-electron chi connectivity index (χ0n) is 12.7. The average molecular weight is 388 g/mol. The zero-order valence-corrected chi connectivity index (χ0v) is 16.5. The molecule has 0 amide bonds. The van der Waals surface area contributed by atoms with Crippen LogP contribution in [0.2, 0.25) is 22.8 Å². The van der Waals surface area contributed by atoms with E-state index in [0.717, 1.165) is 5.57 Å². The van der Waals surface area contributed by atoms with E-state index >= 15 is 0 Å². The van der Waals surface area contributed by atoms with Crippen molar-refractivity contribution in [2.24, 2.45) is 0 Å². The van der Waals surface area contributed by atoms with Gasteiger partial charge < -0.3 is 0 Å². The van der Waals surface area contributed by atoms with Crippen molar-refractivity contribution < 1.29 is 0 Å². The second-order valence-electron chi connectivity index (χ2n) is 5.36. The predicted octanol–water partition coefficient (Wildman–Crippen LogP) is 3.67. The van der Waals surface area contributed by atoms with E-state index < -0.39 is 29.3 Å². The molecule has 0 bridgehead atoms. The Morgan fingerprint density at radius 3 is 1.20 bits per heavy atom. The molecule has 0 aliphatic heterocycles. The Morgan fingerprint density at radius 2 is 0.950 bits per heavy atom. The molecule has 2 aromatic rings. The summed E-state index contributed by atoms with van der Waals surface area (Å²) in [5, 5.41) is 0. The molecular weight excluding hydrogens is 366 g/mol. The summed E-state index contributed by atoms with van der Waals surface area (Å²) in [6.07, 6.45) is 0. The van der Waals surface area contributed by atoms with Crippen LogP contribution in [0.15, 0.2) is 55.1 Å². The van der Waals surface area contributed by atoms with Crippen LogP contribution in [0, 0.1) is 0 Å². The van der Waals surface area contributed by atoms with Crippen LogP contribution in [-0.4, -0.2) is 29.3 Å². The number of hydrogen-bond acceptors (Lipinski definition) is 0. The molecule has 0 nitrogen and oxygen atoms in total. The Labute approximate surface area is 132 Å². The third kappa shape index (κ3) is 3.69. The summed E-state index contributed by atoms with van der Waals surface area (Å²) >= 11 is -1.52. The fourth-order valence-corrected chi connectivity index (χ4v) is 5.22. The zero-order chi connectivity index (χ0) is 14.7. The second kappa shape index (κ2) is 6.84. The van der Waals surface area contributed by atoms with Gasteiger partial charge in [0.2, 0.25) is 0 Å². The quantitative estimate of drug-likeness (QED) is 0.702. The molecule has 0 unspecified atom stereocenters. The molecule has 0 saturated heterocycles. The summed E-state index contributed by atoms with van der Waals surface area (Å²) in [6, 6.07) is 18.0. The van der Waals surface area contributed by atoms with Crippen molar-refractivity contribution in [3.63, 3.8) is 0 Å². The Hall–Kier alpha value is -0.703. The van der Waals surface area contributed by atoms with Crippen LogP contribution in [0.5, 0.6) is 0 Å². The fourth-order valence-electron chi connectivity index (χ4n) is 2.09. The summed E-state index contributed by atoms with van der Waals surface area (Å²) in [5.74, 6) is 0. The van der Waals surface area contributed by atoms with E-state index in [1.54, 1.807) is 0 Å². The van der Waals surface area contributed by atoms with Crippen molar-refractivity contribution in [3.05, 3.63) is 66.2 Å². The molecule has 0 spiro atoms. The van der Waals surface area contributed by atoms with Crippen molar-refractivity contribution in [2.75, 3.05) is 0 Å². The molecule has 2 rings (SSSR count). The monoisotopic (exact) mass is 388 g/mol. The molecule has 0 N–H and O–H groups in total. The molecule has 0 saturated carbocycles. The molecule has 0 aliphatic rings. The summed E-state index contributed by atoms with van der Waals surface area (Å²) in [6.45, 7) is 4.27. The van der Waals surface area contributed by atoms with Crippen molar-refractivity contribution in [1.29, 1.82) is 0 Å². The van der Waals surface area contributed by atoms with E-state index in [2.05, 4.69) is 78.0 Å². The van der Waals surface area contributed by atoms with Gasteiger partial charge in [-0.1, -0.05) is 0 Å². The third-order valence-corrected chi connectivity index (χ3v) is 9.05. The molecule has 0 radical (unpaired) electrons. The Bertz CT molecular complexity index is 524. The first-order chi connectivity index (χ1) is 9.49. The van der Waals surface area contributed by atoms with Gasteiger partial charge in [0.05, 0.1) is 0 Å². The molecule has 2 aromatic carbocycles. The van der Waals surface area contributed by atoms with E-state index in [4.69, 9.17) is 0 Å². The van der Waals surface area contributed by atoms with Crippen LogP contribution in [-0.2, 0) is 0 Å². The van der Waals surface area contributed by atoms with E-state index in [9.17, 15) is 0 Å². The van der Waals surface area contributed by atoms with Gasteiger partial charge in [0.15, 0.2) is 0 Å². The van der Waals surface area contributed by atoms with Crippen molar-refractivity contribution >= 4 is 43.6 Å². The first-order valence-electron chi connectivity index (χ1n) is 6.73. The summed E-state index contributed by atoms with van der Waals surface area (Å²) < 4.78 is 3.05. The molecule has 0 atom stereocenters. The summed E-state index contributed by atoms with van der Waals surface area (Å²) in [5.41, 5.74) is 13.1.